The fraction of sp³-hybridized carbons (Fsp3) is 0.440. The maximum absolute atomic E-state index is 13.5. The largest absolute Gasteiger partial charge is 0.340 e. The molecule has 0 spiro atoms. The first-order chi connectivity index (χ1) is 15.9. The molecule has 2 aromatic rings. The summed E-state index contributed by atoms with van der Waals surface area (Å²) in [7, 11) is -3.66. The van der Waals surface area contributed by atoms with Crippen LogP contribution in [0.25, 0.3) is 0 Å². The van der Waals surface area contributed by atoms with Crippen molar-refractivity contribution in [1.29, 1.82) is 0 Å². The van der Waals surface area contributed by atoms with E-state index >= 15 is 0 Å². The predicted octanol–water partition coefficient (Wildman–Crippen LogP) is 2.83. The van der Waals surface area contributed by atoms with Crippen molar-refractivity contribution in [1.82, 2.24) is 14.1 Å². The summed E-state index contributed by atoms with van der Waals surface area (Å²) in [6.07, 6.45) is 3.94. The highest BCUT2D eigenvalue weighted by Crippen LogP contribution is 2.42. The topological polar surface area (TPSA) is 78.0 Å². The van der Waals surface area contributed by atoms with Gasteiger partial charge in [0, 0.05) is 44.7 Å². The van der Waals surface area contributed by atoms with Crippen molar-refractivity contribution in [3.8, 4) is 0 Å². The molecule has 33 heavy (non-hydrogen) atoms. The van der Waals surface area contributed by atoms with E-state index in [-0.39, 0.29) is 41.9 Å². The molecule has 1 heterocycles. The van der Waals surface area contributed by atoms with Gasteiger partial charge in [-0.25, -0.2) is 8.42 Å². The summed E-state index contributed by atoms with van der Waals surface area (Å²) in [5.74, 6) is -0.0711. The lowest BCUT2D eigenvalue weighted by atomic mass is 10.1. The summed E-state index contributed by atoms with van der Waals surface area (Å²) in [6, 6.07) is 15.0. The Bertz CT molecular complexity index is 1170. The van der Waals surface area contributed by atoms with Crippen LogP contribution in [0, 0.1) is 0 Å². The van der Waals surface area contributed by atoms with Crippen LogP contribution in [0.2, 0.25) is 0 Å². The van der Waals surface area contributed by atoms with Crippen LogP contribution in [0.5, 0.6) is 0 Å². The van der Waals surface area contributed by atoms with E-state index in [2.05, 4.69) is 12.1 Å². The number of hydrogen-bond donors (Lipinski definition) is 0. The Balaban J connectivity index is 1.34. The number of piperazine rings is 1. The number of carbonyl (C=O) groups is 2. The zero-order valence-corrected chi connectivity index (χ0v) is 19.6. The molecule has 0 N–H and O–H groups in total. The number of nitrogens with zero attached hydrogens (tertiary/aromatic N) is 3. The Labute approximate surface area is 195 Å². The fourth-order valence-corrected chi connectivity index (χ4v) is 6.47. The maximum Gasteiger partial charge on any atom is 0.254 e. The van der Waals surface area contributed by atoms with Crippen LogP contribution in [0.15, 0.2) is 53.4 Å². The molecule has 1 atom stereocenters. The highest BCUT2D eigenvalue weighted by atomic mass is 32.2. The highest BCUT2D eigenvalue weighted by Gasteiger charge is 2.40. The molecular formula is C25H29N3O4S. The summed E-state index contributed by atoms with van der Waals surface area (Å²) >= 11 is 0. The molecule has 2 fully saturated rings. The smallest absolute Gasteiger partial charge is 0.254 e. The molecule has 5 rings (SSSR count). The van der Waals surface area contributed by atoms with E-state index in [0.29, 0.717) is 18.7 Å². The lowest BCUT2D eigenvalue weighted by Gasteiger charge is -2.33. The van der Waals surface area contributed by atoms with Crippen LogP contribution in [0.4, 0.5) is 0 Å². The van der Waals surface area contributed by atoms with Crippen LogP contribution in [-0.2, 0) is 21.2 Å². The lowest BCUT2D eigenvalue weighted by Crippen LogP contribution is -2.49. The average molecular weight is 468 g/mol. The van der Waals surface area contributed by atoms with Crippen molar-refractivity contribution in [2.24, 2.45) is 0 Å². The van der Waals surface area contributed by atoms with Crippen molar-refractivity contribution in [2.75, 3.05) is 26.2 Å². The van der Waals surface area contributed by atoms with Gasteiger partial charge in [-0.15, -0.1) is 0 Å². The summed E-state index contributed by atoms with van der Waals surface area (Å²) in [4.78, 5) is 28.9. The molecule has 2 amide bonds. The third kappa shape index (κ3) is 4.17. The molecule has 1 saturated carbocycles. The molecule has 1 aliphatic heterocycles. The predicted molar refractivity (Wildman–Crippen MR) is 124 cm³/mol. The Morgan fingerprint density at radius 1 is 0.909 bits per heavy atom. The van der Waals surface area contributed by atoms with Gasteiger partial charge in [-0.05, 0) is 61.1 Å². The van der Waals surface area contributed by atoms with Gasteiger partial charge in [-0.3, -0.25) is 9.59 Å². The molecule has 174 valence electrons. The molecular weight excluding hydrogens is 438 g/mol. The van der Waals surface area contributed by atoms with Gasteiger partial charge >= 0.3 is 0 Å². The number of rotatable bonds is 5. The molecule has 0 bridgehead atoms. The molecule has 2 aliphatic carbocycles. The van der Waals surface area contributed by atoms with Gasteiger partial charge in [0.1, 0.15) is 0 Å². The number of amides is 2. The van der Waals surface area contributed by atoms with E-state index < -0.39 is 10.0 Å². The third-order valence-corrected chi connectivity index (χ3v) is 8.95. The van der Waals surface area contributed by atoms with Gasteiger partial charge in [0.15, 0.2) is 0 Å². The number of hydrogen-bond acceptors (Lipinski definition) is 4. The number of carbonyl (C=O) groups excluding carboxylic acids is 2. The van der Waals surface area contributed by atoms with Crippen molar-refractivity contribution in [3.05, 3.63) is 65.2 Å². The second-order valence-electron chi connectivity index (χ2n) is 9.13. The van der Waals surface area contributed by atoms with Crippen LogP contribution < -0.4 is 0 Å². The Hall–Kier alpha value is -2.71. The van der Waals surface area contributed by atoms with E-state index in [1.807, 2.05) is 17.0 Å². The van der Waals surface area contributed by atoms with Gasteiger partial charge in [-0.2, -0.15) is 4.31 Å². The lowest BCUT2D eigenvalue weighted by molar-refractivity contribution is -0.129. The van der Waals surface area contributed by atoms with E-state index in [4.69, 9.17) is 0 Å². The quantitative estimate of drug-likeness (QED) is 0.678. The molecule has 1 unspecified atom stereocenters. The minimum atomic E-state index is -3.66. The highest BCUT2D eigenvalue weighted by molar-refractivity contribution is 7.89. The number of sulfonamides is 1. The minimum Gasteiger partial charge on any atom is -0.340 e. The fourth-order valence-electron chi connectivity index (χ4n) is 5.05. The van der Waals surface area contributed by atoms with Gasteiger partial charge < -0.3 is 9.80 Å². The average Bonchev–Trinajstić information content (AvgIpc) is 3.58. The van der Waals surface area contributed by atoms with Crippen molar-refractivity contribution < 1.29 is 18.0 Å². The second-order valence-corrected chi connectivity index (χ2v) is 11.1. The molecule has 7 nitrogen and oxygen atoms in total. The Morgan fingerprint density at radius 2 is 1.58 bits per heavy atom. The molecule has 2 aromatic carbocycles. The van der Waals surface area contributed by atoms with Crippen LogP contribution in [0.3, 0.4) is 0 Å². The van der Waals surface area contributed by atoms with Crippen molar-refractivity contribution in [3.63, 3.8) is 0 Å². The first-order valence-electron chi connectivity index (χ1n) is 11.6. The van der Waals surface area contributed by atoms with Gasteiger partial charge in [0.25, 0.3) is 5.91 Å². The van der Waals surface area contributed by atoms with E-state index in [1.54, 1.807) is 17.0 Å². The Morgan fingerprint density at radius 3 is 2.21 bits per heavy atom. The molecule has 8 heteroatoms. The van der Waals surface area contributed by atoms with Gasteiger partial charge in [0.05, 0.1) is 10.9 Å². The van der Waals surface area contributed by atoms with E-state index in [1.165, 1.54) is 34.5 Å². The molecule has 3 aliphatic rings. The normalized spacial score (nSPS) is 21.0. The minimum absolute atomic E-state index is 0.0294. The molecule has 0 radical (unpaired) electrons. The van der Waals surface area contributed by atoms with Gasteiger partial charge in [-0.1, -0.05) is 24.3 Å². The Kier molecular flexibility index (Phi) is 5.74. The number of aryl methyl sites for hydroxylation is 1. The zero-order chi connectivity index (χ0) is 23.2. The first-order valence-corrected chi connectivity index (χ1v) is 13.1. The van der Waals surface area contributed by atoms with Crippen molar-refractivity contribution >= 4 is 21.8 Å². The molecule has 0 aromatic heterocycles. The second kappa shape index (κ2) is 8.57. The summed E-state index contributed by atoms with van der Waals surface area (Å²) in [5.41, 5.74) is 3.07. The first kappa shape index (κ1) is 22.1. The van der Waals surface area contributed by atoms with E-state index in [9.17, 15) is 18.0 Å². The summed E-state index contributed by atoms with van der Waals surface area (Å²) in [6.45, 7) is 2.84. The van der Waals surface area contributed by atoms with Gasteiger partial charge in [0.2, 0.25) is 15.9 Å². The third-order valence-electron chi connectivity index (χ3n) is 7.03. The van der Waals surface area contributed by atoms with E-state index in [0.717, 1.165) is 25.7 Å². The van der Waals surface area contributed by atoms with Crippen LogP contribution >= 0.6 is 0 Å². The number of fused-ring (bicyclic) bond motifs is 1. The van der Waals surface area contributed by atoms with Crippen molar-refractivity contribution in [2.45, 2.75) is 49.6 Å². The summed E-state index contributed by atoms with van der Waals surface area (Å²) < 4.78 is 27.6. The zero-order valence-electron chi connectivity index (χ0n) is 18.8. The number of benzene rings is 2. The summed E-state index contributed by atoms with van der Waals surface area (Å²) in [5, 5.41) is 0. The van der Waals surface area contributed by atoms with Crippen LogP contribution in [0.1, 0.15) is 53.7 Å². The standard InChI is InChI=1S/C25H29N3O4S/c1-18(29)26-14-16-27(17-15-26)33(31,32)22-11-6-20(7-12-22)25(30)28(21-9-10-21)24-13-8-19-4-2-3-5-23(19)24/h2-7,11-12,21,24H,8-10,13-17H2,1H3. The maximum atomic E-state index is 13.5. The van der Waals surface area contributed by atoms with Crippen LogP contribution in [-0.4, -0.2) is 66.6 Å². The molecule has 1 saturated heterocycles. The monoisotopic (exact) mass is 467 g/mol. The SMILES string of the molecule is CC(=O)N1CCN(S(=O)(=O)c2ccc(C(=O)N(C3CC3)C3CCc4ccccc43)cc2)CC1.